The minimum atomic E-state index is 0.0914. The Bertz CT molecular complexity index is 725. The van der Waals surface area contributed by atoms with E-state index in [0.717, 1.165) is 31.8 Å². The van der Waals surface area contributed by atoms with Crippen LogP contribution in [0, 0.1) is 0 Å². The van der Waals surface area contributed by atoms with Gasteiger partial charge >= 0.3 is 0 Å². The molecule has 6 nitrogen and oxygen atoms in total. The van der Waals surface area contributed by atoms with Crippen molar-refractivity contribution in [2.75, 3.05) is 13.1 Å². The van der Waals surface area contributed by atoms with Crippen LogP contribution in [0.5, 0.6) is 0 Å². The van der Waals surface area contributed by atoms with Gasteiger partial charge in [-0.05, 0) is 36.8 Å². The molecule has 1 N–H and O–H groups in total. The zero-order chi connectivity index (χ0) is 18.5. The highest BCUT2D eigenvalue weighted by Gasteiger charge is 2.21. The van der Waals surface area contributed by atoms with Crippen molar-refractivity contribution in [1.82, 2.24) is 20.4 Å². The van der Waals surface area contributed by atoms with Crippen LogP contribution in [-0.2, 0) is 24.2 Å². The van der Waals surface area contributed by atoms with Gasteiger partial charge in [0, 0.05) is 49.3 Å². The van der Waals surface area contributed by atoms with E-state index in [4.69, 9.17) is 4.52 Å². The number of nitrogens with zero attached hydrogens (tertiary/aromatic N) is 3. The third-order valence-electron chi connectivity index (χ3n) is 4.85. The van der Waals surface area contributed by atoms with Gasteiger partial charge in [0.25, 0.3) is 0 Å². The van der Waals surface area contributed by atoms with Gasteiger partial charge < -0.3 is 9.84 Å². The highest BCUT2D eigenvalue weighted by molar-refractivity contribution is 7.10. The second-order valence-corrected chi connectivity index (χ2v) is 8.30. The fourth-order valence-electron chi connectivity index (χ4n) is 3.13. The first-order valence-electron chi connectivity index (χ1n) is 9.41. The number of nitrogens with one attached hydrogen (secondary N) is 1. The number of thiophene rings is 1. The maximum absolute atomic E-state index is 12.1. The molecule has 142 valence electrons. The Hall–Kier alpha value is -1.73. The predicted octanol–water partition coefficient (Wildman–Crippen LogP) is 3.14. The lowest BCUT2D eigenvalue weighted by Crippen LogP contribution is -2.44. The summed E-state index contributed by atoms with van der Waals surface area (Å²) in [5.41, 5.74) is 1.44. The second kappa shape index (κ2) is 8.77. The first-order chi connectivity index (χ1) is 12.5. The molecule has 1 amide bonds. The van der Waals surface area contributed by atoms with Crippen molar-refractivity contribution in [3.05, 3.63) is 33.6 Å². The van der Waals surface area contributed by atoms with Crippen LogP contribution < -0.4 is 5.32 Å². The van der Waals surface area contributed by atoms with Gasteiger partial charge in [0.2, 0.25) is 11.8 Å². The van der Waals surface area contributed by atoms with Gasteiger partial charge in [-0.25, -0.2) is 0 Å². The topological polar surface area (TPSA) is 71.3 Å². The van der Waals surface area contributed by atoms with E-state index >= 15 is 0 Å². The minimum Gasteiger partial charge on any atom is -0.355 e. The molecule has 1 aliphatic heterocycles. The van der Waals surface area contributed by atoms with Gasteiger partial charge in [0.15, 0.2) is 5.82 Å². The molecule has 3 heterocycles. The number of carbonyl (C=O) groups excluding carboxylic acids is 1. The van der Waals surface area contributed by atoms with E-state index in [2.05, 4.69) is 38.7 Å². The SMILES string of the molecule is CC(C)c1noc(CCCC(=O)NC[C@@H](C)N2CCc3sccc3C2)n1. The van der Waals surface area contributed by atoms with Crippen molar-refractivity contribution in [3.8, 4) is 0 Å². The first kappa shape index (κ1) is 19.0. The Morgan fingerprint density at radius 1 is 1.42 bits per heavy atom. The normalized spacial score (nSPS) is 15.8. The average molecular weight is 377 g/mol. The number of fused-ring (bicyclic) bond motifs is 1. The van der Waals surface area contributed by atoms with E-state index in [1.54, 1.807) is 0 Å². The van der Waals surface area contributed by atoms with Gasteiger partial charge in [-0.1, -0.05) is 19.0 Å². The molecule has 1 atom stereocenters. The summed E-state index contributed by atoms with van der Waals surface area (Å²) in [7, 11) is 0. The summed E-state index contributed by atoms with van der Waals surface area (Å²) in [5.74, 6) is 1.70. The Balaban J connectivity index is 1.34. The summed E-state index contributed by atoms with van der Waals surface area (Å²) in [5, 5.41) is 9.18. The molecule has 1 aliphatic rings. The molecule has 7 heteroatoms. The second-order valence-electron chi connectivity index (χ2n) is 7.30. The highest BCUT2D eigenvalue weighted by atomic mass is 32.1. The van der Waals surface area contributed by atoms with Crippen molar-refractivity contribution in [3.63, 3.8) is 0 Å². The third kappa shape index (κ3) is 4.92. The summed E-state index contributed by atoms with van der Waals surface area (Å²) in [6, 6.07) is 2.57. The van der Waals surface area contributed by atoms with Crippen molar-refractivity contribution in [2.24, 2.45) is 0 Å². The van der Waals surface area contributed by atoms with Crippen LogP contribution in [0.2, 0.25) is 0 Å². The van der Waals surface area contributed by atoms with Crippen LogP contribution in [0.15, 0.2) is 16.0 Å². The third-order valence-corrected chi connectivity index (χ3v) is 5.87. The van der Waals surface area contributed by atoms with Crippen LogP contribution in [0.4, 0.5) is 0 Å². The molecule has 0 bridgehead atoms. The van der Waals surface area contributed by atoms with Crippen LogP contribution in [0.3, 0.4) is 0 Å². The Morgan fingerprint density at radius 3 is 3.04 bits per heavy atom. The smallest absolute Gasteiger partial charge is 0.226 e. The lowest BCUT2D eigenvalue weighted by molar-refractivity contribution is -0.121. The Morgan fingerprint density at radius 2 is 2.27 bits per heavy atom. The van der Waals surface area contributed by atoms with Gasteiger partial charge in [0.05, 0.1) is 0 Å². The van der Waals surface area contributed by atoms with E-state index in [1.165, 1.54) is 10.4 Å². The molecular weight excluding hydrogens is 348 g/mol. The van der Waals surface area contributed by atoms with Gasteiger partial charge in [-0.3, -0.25) is 9.69 Å². The molecule has 2 aromatic rings. The molecule has 0 aromatic carbocycles. The number of hydrogen-bond donors (Lipinski definition) is 1. The van der Waals surface area contributed by atoms with E-state index in [0.29, 0.717) is 31.3 Å². The van der Waals surface area contributed by atoms with Crippen LogP contribution in [0.25, 0.3) is 0 Å². The van der Waals surface area contributed by atoms with E-state index in [-0.39, 0.29) is 11.8 Å². The van der Waals surface area contributed by atoms with Crippen molar-refractivity contribution in [2.45, 2.75) is 65.0 Å². The number of carbonyl (C=O) groups is 1. The van der Waals surface area contributed by atoms with Gasteiger partial charge in [-0.15, -0.1) is 11.3 Å². The standard InChI is InChI=1S/C19H28N4O2S/c1-13(2)19-21-18(25-22-19)6-4-5-17(24)20-11-14(3)23-9-7-16-15(12-23)8-10-26-16/h8,10,13-14H,4-7,9,11-12H2,1-3H3,(H,20,24)/t14-/m1/s1. The van der Waals surface area contributed by atoms with Crippen molar-refractivity contribution in [1.29, 1.82) is 0 Å². The molecule has 0 fully saturated rings. The quantitative estimate of drug-likeness (QED) is 0.766. The number of hydrogen-bond acceptors (Lipinski definition) is 6. The number of aromatic nitrogens is 2. The zero-order valence-electron chi connectivity index (χ0n) is 15.8. The first-order valence-corrected chi connectivity index (χ1v) is 10.3. The summed E-state index contributed by atoms with van der Waals surface area (Å²) < 4.78 is 5.21. The van der Waals surface area contributed by atoms with E-state index in [9.17, 15) is 4.79 Å². The highest BCUT2D eigenvalue weighted by Crippen LogP contribution is 2.24. The molecule has 0 saturated heterocycles. The predicted molar refractivity (Wildman–Crippen MR) is 102 cm³/mol. The molecule has 26 heavy (non-hydrogen) atoms. The summed E-state index contributed by atoms with van der Waals surface area (Å²) in [6.45, 7) is 9.00. The summed E-state index contributed by atoms with van der Waals surface area (Å²) in [6.07, 6.45) is 2.98. The molecule has 0 aliphatic carbocycles. The van der Waals surface area contributed by atoms with Crippen molar-refractivity contribution >= 4 is 17.2 Å². The number of amides is 1. The monoisotopic (exact) mass is 376 g/mol. The van der Waals surface area contributed by atoms with E-state index in [1.807, 2.05) is 25.2 Å². The average Bonchev–Trinajstić information content (AvgIpc) is 3.28. The fourth-order valence-corrected chi connectivity index (χ4v) is 4.02. The van der Waals surface area contributed by atoms with Gasteiger partial charge in [-0.2, -0.15) is 4.98 Å². The van der Waals surface area contributed by atoms with Crippen LogP contribution in [0.1, 0.15) is 61.7 Å². The molecule has 2 aromatic heterocycles. The maximum Gasteiger partial charge on any atom is 0.226 e. The Kier molecular flexibility index (Phi) is 6.43. The molecule has 0 saturated carbocycles. The lowest BCUT2D eigenvalue weighted by Gasteiger charge is -2.32. The zero-order valence-corrected chi connectivity index (χ0v) is 16.6. The molecule has 0 spiro atoms. The van der Waals surface area contributed by atoms with Crippen LogP contribution in [-0.4, -0.2) is 40.1 Å². The number of rotatable bonds is 8. The fraction of sp³-hybridized carbons (Fsp3) is 0.632. The Labute approximate surface area is 159 Å². The van der Waals surface area contributed by atoms with E-state index < -0.39 is 0 Å². The minimum absolute atomic E-state index is 0.0914. The molecule has 0 radical (unpaired) electrons. The molecule has 3 rings (SSSR count). The molecular formula is C19H28N4O2S. The summed E-state index contributed by atoms with van der Waals surface area (Å²) in [4.78, 5) is 20.4. The van der Waals surface area contributed by atoms with Gasteiger partial charge in [0.1, 0.15) is 0 Å². The number of aryl methyl sites for hydroxylation is 1. The lowest BCUT2D eigenvalue weighted by atomic mass is 10.1. The van der Waals surface area contributed by atoms with Crippen LogP contribution >= 0.6 is 11.3 Å². The van der Waals surface area contributed by atoms with Crippen molar-refractivity contribution < 1.29 is 9.32 Å². The maximum atomic E-state index is 12.1. The largest absolute Gasteiger partial charge is 0.355 e. The summed E-state index contributed by atoms with van der Waals surface area (Å²) >= 11 is 1.85. The molecule has 0 unspecified atom stereocenters.